The lowest BCUT2D eigenvalue weighted by Crippen LogP contribution is -2.29. The lowest BCUT2D eigenvalue weighted by atomic mass is 11.0. The average molecular weight is 149 g/mol. The van der Waals surface area contributed by atoms with Crippen LogP contribution in [0.5, 0.6) is 0 Å². The van der Waals surface area contributed by atoms with Gasteiger partial charge < -0.3 is 9.47 Å². The Morgan fingerprint density at radius 3 is 2.33 bits per heavy atom. The first-order chi connectivity index (χ1) is 4.20. The van der Waals surface area contributed by atoms with E-state index in [1.54, 1.807) is 0 Å². The van der Waals surface area contributed by atoms with Crippen molar-refractivity contribution in [2.75, 3.05) is 14.2 Å². The number of carbonyl (C=O) groups is 1. The summed E-state index contributed by atoms with van der Waals surface area (Å²) in [5, 5.41) is 2.13. The van der Waals surface area contributed by atoms with E-state index in [9.17, 15) is 4.79 Å². The number of hydrogen-bond acceptors (Lipinski definition) is 4. The second-order valence-corrected chi connectivity index (χ2v) is 1.48. The molecule has 0 saturated heterocycles. The summed E-state index contributed by atoms with van der Waals surface area (Å²) in [6.45, 7) is 0. The molecule has 0 rings (SSSR count). The van der Waals surface area contributed by atoms with E-state index in [0.717, 1.165) is 0 Å². The molecule has 1 N–H and O–H groups in total. The second-order valence-electron chi connectivity index (χ2n) is 1.11. The minimum absolute atomic E-state index is 0.00171. The highest BCUT2D eigenvalue weighted by Crippen LogP contribution is 1.75. The first-order valence-corrected chi connectivity index (χ1v) is 2.54. The second kappa shape index (κ2) is 4.08. The summed E-state index contributed by atoms with van der Waals surface area (Å²) in [7, 11) is 2.60. The minimum atomic E-state index is -0.623. The maximum absolute atomic E-state index is 10.3. The van der Waals surface area contributed by atoms with Gasteiger partial charge in [-0.05, 0) is 12.2 Å². The molecule has 0 aromatic heterocycles. The van der Waals surface area contributed by atoms with Crippen LogP contribution in [0.15, 0.2) is 0 Å². The molecular weight excluding hydrogens is 142 g/mol. The van der Waals surface area contributed by atoms with Gasteiger partial charge in [0, 0.05) is 0 Å². The summed E-state index contributed by atoms with van der Waals surface area (Å²) < 4.78 is 8.65. The van der Waals surface area contributed by atoms with Gasteiger partial charge in [0.25, 0.3) is 5.17 Å². The Kier molecular flexibility index (Phi) is 3.70. The molecule has 5 heteroatoms. The van der Waals surface area contributed by atoms with Crippen molar-refractivity contribution in [3.05, 3.63) is 0 Å². The van der Waals surface area contributed by atoms with Gasteiger partial charge in [-0.25, -0.2) is 4.79 Å². The number of amides is 1. The summed E-state index contributed by atoms with van der Waals surface area (Å²) in [6, 6.07) is 0. The molecule has 0 aromatic rings. The highest BCUT2D eigenvalue weighted by atomic mass is 32.1. The van der Waals surface area contributed by atoms with Crippen molar-refractivity contribution in [1.82, 2.24) is 5.32 Å². The highest BCUT2D eigenvalue weighted by Gasteiger charge is 2.00. The molecule has 0 atom stereocenters. The number of rotatable bonds is 0. The predicted octanol–water partition coefficient (Wildman–Crippen LogP) is 0.274. The summed E-state index contributed by atoms with van der Waals surface area (Å²) in [4.78, 5) is 10.3. The Morgan fingerprint density at radius 1 is 1.44 bits per heavy atom. The van der Waals surface area contributed by atoms with Gasteiger partial charge in [0.2, 0.25) is 0 Å². The SMILES string of the molecule is COC(=O)NC(=S)OC. The van der Waals surface area contributed by atoms with Crippen LogP contribution in [0.2, 0.25) is 0 Å². The van der Waals surface area contributed by atoms with E-state index in [1.807, 2.05) is 0 Å². The number of carbonyl (C=O) groups excluding carboxylic acids is 1. The van der Waals surface area contributed by atoms with Gasteiger partial charge in [-0.2, -0.15) is 0 Å². The molecule has 0 bridgehead atoms. The zero-order valence-electron chi connectivity index (χ0n) is 5.13. The molecule has 9 heavy (non-hydrogen) atoms. The van der Waals surface area contributed by atoms with E-state index in [2.05, 4.69) is 27.0 Å². The van der Waals surface area contributed by atoms with Gasteiger partial charge in [0.05, 0.1) is 14.2 Å². The molecule has 0 fully saturated rings. The van der Waals surface area contributed by atoms with Crippen LogP contribution in [0.3, 0.4) is 0 Å². The lowest BCUT2D eigenvalue weighted by Gasteiger charge is -2.01. The summed E-state index contributed by atoms with van der Waals surface area (Å²) in [6.07, 6.45) is -0.623. The fourth-order valence-electron chi connectivity index (χ4n) is 0.185. The quantitative estimate of drug-likeness (QED) is 0.502. The van der Waals surface area contributed by atoms with E-state index in [4.69, 9.17) is 0 Å². The van der Waals surface area contributed by atoms with Gasteiger partial charge >= 0.3 is 6.09 Å². The number of methoxy groups -OCH3 is 2. The number of ether oxygens (including phenoxy) is 2. The molecule has 0 saturated carbocycles. The first-order valence-electron chi connectivity index (χ1n) is 2.13. The van der Waals surface area contributed by atoms with Crippen LogP contribution in [0.4, 0.5) is 4.79 Å². The average Bonchev–Trinajstić information content (AvgIpc) is 1.87. The molecule has 0 aliphatic rings. The minimum Gasteiger partial charge on any atom is -0.474 e. The number of nitrogens with one attached hydrogen (secondary N) is 1. The van der Waals surface area contributed by atoms with E-state index in [1.165, 1.54) is 14.2 Å². The standard InChI is InChI=1S/C4H7NO3S/c1-7-3(6)5-4(9)8-2/h1-2H3,(H,5,6,9). The van der Waals surface area contributed by atoms with Crippen LogP contribution in [-0.4, -0.2) is 25.5 Å². The molecule has 4 nitrogen and oxygen atoms in total. The zero-order valence-corrected chi connectivity index (χ0v) is 5.95. The normalized spacial score (nSPS) is 7.78. The van der Waals surface area contributed by atoms with Crippen LogP contribution in [0.1, 0.15) is 0 Å². The Bertz CT molecular complexity index is 111. The molecule has 1 amide bonds. The van der Waals surface area contributed by atoms with Crippen LogP contribution < -0.4 is 5.32 Å². The van der Waals surface area contributed by atoms with Crippen molar-refractivity contribution in [1.29, 1.82) is 0 Å². The fraction of sp³-hybridized carbons (Fsp3) is 0.500. The van der Waals surface area contributed by atoms with Crippen LogP contribution in [-0.2, 0) is 9.47 Å². The Morgan fingerprint density at radius 2 is 2.00 bits per heavy atom. The van der Waals surface area contributed by atoms with Gasteiger partial charge in [-0.3, -0.25) is 5.32 Å². The molecule has 0 aromatic carbocycles. The van der Waals surface area contributed by atoms with Gasteiger partial charge in [0.15, 0.2) is 0 Å². The maximum atomic E-state index is 10.3. The molecule has 0 aliphatic carbocycles. The largest absolute Gasteiger partial charge is 0.474 e. The van der Waals surface area contributed by atoms with E-state index in [0.29, 0.717) is 0 Å². The fourth-order valence-corrected chi connectivity index (χ4v) is 0.269. The van der Waals surface area contributed by atoms with Crippen molar-refractivity contribution < 1.29 is 14.3 Å². The van der Waals surface area contributed by atoms with Crippen molar-refractivity contribution in [3.63, 3.8) is 0 Å². The molecule has 52 valence electrons. The zero-order chi connectivity index (χ0) is 7.28. The Labute approximate surface area is 58.1 Å². The van der Waals surface area contributed by atoms with Crippen molar-refractivity contribution in [3.8, 4) is 0 Å². The topological polar surface area (TPSA) is 47.6 Å². The lowest BCUT2D eigenvalue weighted by molar-refractivity contribution is 0.174. The summed E-state index contributed by atoms with van der Waals surface area (Å²) in [5.74, 6) is 0. The van der Waals surface area contributed by atoms with Crippen LogP contribution >= 0.6 is 12.2 Å². The van der Waals surface area contributed by atoms with Gasteiger partial charge in [0.1, 0.15) is 0 Å². The summed E-state index contributed by atoms with van der Waals surface area (Å²) in [5.41, 5.74) is 0. The third kappa shape index (κ3) is 3.72. The molecule has 0 spiro atoms. The van der Waals surface area contributed by atoms with Crippen LogP contribution in [0, 0.1) is 0 Å². The molecule has 0 aliphatic heterocycles. The third-order valence-corrected chi connectivity index (χ3v) is 0.844. The monoisotopic (exact) mass is 149 g/mol. The Balaban J connectivity index is 3.47. The van der Waals surface area contributed by atoms with Crippen molar-refractivity contribution in [2.24, 2.45) is 0 Å². The van der Waals surface area contributed by atoms with Gasteiger partial charge in [-0.1, -0.05) is 0 Å². The molecular formula is C4H7NO3S. The van der Waals surface area contributed by atoms with Crippen molar-refractivity contribution >= 4 is 23.5 Å². The van der Waals surface area contributed by atoms with E-state index in [-0.39, 0.29) is 5.17 Å². The number of hydrogen-bond donors (Lipinski definition) is 1. The maximum Gasteiger partial charge on any atom is 0.414 e. The molecule has 0 radical (unpaired) electrons. The summed E-state index contributed by atoms with van der Waals surface area (Å²) >= 11 is 4.46. The number of alkyl carbamates (subject to hydrolysis) is 1. The van der Waals surface area contributed by atoms with E-state index < -0.39 is 6.09 Å². The van der Waals surface area contributed by atoms with Crippen LogP contribution in [0.25, 0.3) is 0 Å². The highest BCUT2D eigenvalue weighted by molar-refractivity contribution is 7.80. The molecule has 0 heterocycles. The molecule has 0 unspecified atom stereocenters. The smallest absolute Gasteiger partial charge is 0.414 e. The first kappa shape index (κ1) is 8.16. The van der Waals surface area contributed by atoms with E-state index >= 15 is 0 Å². The third-order valence-electron chi connectivity index (χ3n) is 0.575. The Hall–Kier alpha value is -0.840. The van der Waals surface area contributed by atoms with Gasteiger partial charge in [-0.15, -0.1) is 0 Å². The predicted molar refractivity (Wildman–Crippen MR) is 35.1 cm³/mol. The number of thiocarbonyl (C=S) groups is 1. The van der Waals surface area contributed by atoms with Crippen molar-refractivity contribution in [2.45, 2.75) is 0 Å².